The van der Waals surface area contributed by atoms with Gasteiger partial charge in [0, 0.05) is 18.9 Å². The molecular weight excluding hydrogens is 234 g/mol. The van der Waals surface area contributed by atoms with E-state index < -0.39 is 0 Å². The average molecular weight is 248 g/mol. The third-order valence-corrected chi connectivity index (χ3v) is 2.90. The Balaban J connectivity index is 1.97. The molecule has 0 radical (unpaired) electrons. The highest BCUT2D eigenvalue weighted by molar-refractivity contribution is 6.21. The summed E-state index contributed by atoms with van der Waals surface area (Å²) in [4.78, 5) is 8.37. The molecule has 0 saturated carbocycles. The van der Waals surface area contributed by atoms with Crippen LogP contribution in [-0.4, -0.2) is 16.5 Å². The molecule has 0 bridgehead atoms. The quantitative estimate of drug-likeness (QED) is 0.844. The van der Waals surface area contributed by atoms with Crippen LogP contribution in [0.2, 0.25) is 0 Å². The molecule has 0 spiro atoms. The highest BCUT2D eigenvalue weighted by atomic mass is 35.5. The number of aryl methyl sites for hydroxylation is 1. The van der Waals surface area contributed by atoms with Crippen LogP contribution in [0.4, 0.5) is 5.82 Å². The molecule has 0 aliphatic heterocycles. The number of hydrogen-bond donors (Lipinski definition) is 1. The molecule has 0 amide bonds. The van der Waals surface area contributed by atoms with Crippen molar-refractivity contribution < 1.29 is 0 Å². The molecule has 0 aliphatic rings. The first-order valence-electron chi connectivity index (χ1n) is 5.48. The van der Waals surface area contributed by atoms with Gasteiger partial charge in [-0.3, -0.25) is 4.98 Å². The smallest absolute Gasteiger partial charge is 0.147 e. The van der Waals surface area contributed by atoms with Crippen molar-refractivity contribution in [2.45, 2.75) is 12.3 Å². The molecule has 0 fully saturated rings. The zero-order chi connectivity index (χ0) is 12.1. The zero-order valence-corrected chi connectivity index (χ0v) is 10.4. The van der Waals surface area contributed by atoms with Crippen LogP contribution in [0.15, 0.2) is 42.7 Å². The summed E-state index contributed by atoms with van der Waals surface area (Å²) in [5.41, 5.74) is 1.98. The summed E-state index contributed by atoms with van der Waals surface area (Å²) in [6.07, 6.45) is 3.34. The van der Waals surface area contributed by atoms with Crippen LogP contribution in [0.3, 0.4) is 0 Å². The number of benzene rings is 1. The maximum atomic E-state index is 6.30. The van der Waals surface area contributed by atoms with Gasteiger partial charge in [0.25, 0.3) is 0 Å². The van der Waals surface area contributed by atoms with Crippen molar-refractivity contribution in [1.82, 2.24) is 9.97 Å². The molecule has 1 atom stereocenters. The lowest BCUT2D eigenvalue weighted by molar-refractivity contribution is 0.955. The van der Waals surface area contributed by atoms with E-state index in [0.717, 1.165) is 17.1 Å². The second kappa shape index (κ2) is 5.64. The summed E-state index contributed by atoms with van der Waals surface area (Å²) in [6.45, 7) is 2.55. The van der Waals surface area contributed by atoms with Crippen LogP contribution in [0.25, 0.3) is 0 Å². The summed E-state index contributed by atoms with van der Waals surface area (Å²) in [6, 6.07) is 9.98. The van der Waals surface area contributed by atoms with Crippen LogP contribution in [0.5, 0.6) is 0 Å². The lowest BCUT2D eigenvalue weighted by Crippen LogP contribution is -2.10. The molecule has 3 nitrogen and oxygen atoms in total. The Morgan fingerprint density at radius 2 is 1.88 bits per heavy atom. The Hall–Kier alpha value is -1.61. The van der Waals surface area contributed by atoms with E-state index in [1.54, 1.807) is 12.4 Å². The minimum absolute atomic E-state index is 0.0717. The van der Waals surface area contributed by atoms with Gasteiger partial charge < -0.3 is 5.32 Å². The molecule has 4 heteroatoms. The molecule has 88 valence electrons. The molecule has 1 aromatic heterocycles. The lowest BCUT2D eigenvalue weighted by Gasteiger charge is -2.12. The van der Waals surface area contributed by atoms with Gasteiger partial charge in [0.1, 0.15) is 5.82 Å². The highest BCUT2D eigenvalue weighted by Gasteiger charge is 2.08. The summed E-state index contributed by atoms with van der Waals surface area (Å²) in [5, 5.41) is 3.13. The van der Waals surface area contributed by atoms with Crippen molar-refractivity contribution in [2.75, 3.05) is 11.9 Å². The molecule has 0 saturated heterocycles. The van der Waals surface area contributed by atoms with Crippen molar-refractivity contribution in [1.29, 1.82) is 0 Å². The van der Waals surface area contributed by atoms with E-state index in [0.29, 0.717) is 6.54 Å². The van der Waals surface area contributed by atoms with Crippen molar-refractivity contribution in [3.63, 3.8) is 0 Å². The number of halogens is 1. The number of anilines is 1. The van der Waals surface area contributed by atoms with E-state index in [1.165, 1.54) is 0 Å². The maximum absolute atomic E-state index is 6.30. The Kier molecular flexibility index (Phi) is 3.94. The van der Waals surface area contributed by atoms with Crippen LogP contribution >= 0.6 is 11.6 Å². The Morgan fingerprint density at radius 1 is 1.18 bits per heavy atom. The monoisotopic (exact) mass is 247 g/mol. The van der Waals surface area contributed by atoms with Crippen molar-refractivity contribution in [3.05, 3.63) is 54.0 Å². The number of aromatic nitrogens is 2. The van der Waals surface area contributed by atoms with Crippen molar-refractivity contribution in [3.8, 4) is 0 Å². The maximum Gasteiger partial charge on any atom is 0.147 e. The van der Waals surface area contributed by atoms with Gasteiger partial charge in [-0.25, -0.2) is 4.98 Å². The normalized spacial score (nSPS) is 12.1. The highest BCUT2D eigenvalue weighted by Crippen LogP contribution is 2.20. The Labute approximate surface area is 106 Å². The molecule has 0 aliphatic carbocycles. The van der Waals surface area contributed by atoms with Crippen molar-refractivity contribution >= 4 is 17.4 Å². The first-order chi connectivity index (χ1) is 8.27. The van der Waals surface area contributed by atoms with E-state index in [9.17, 15) is 0 Å². The molecule has 2 aromatic rings. The first kappa shape index (κ1) is 11.9. The molecule has 1 unspecified atom stereocenters. The van der Waals surface area contributed by atoms with E-state index in [2.05, 4.69) is 15.3 Å². The fourth-order valence-electron chi connectivity index (χ4n) is 1.55. The van der Waals surface area contributed by atoms with Gasteiger partial charge in [0.05, 0.1) is 11.1 Å². The summed E-state index contributed by atoms with van der Waals surface area (Å²) in [5.74, 6) is 0.786. The number of nitrogens with zero attached hydrogens (tertiary/aromatic N) is 2. The molecule has 1 N–H and O–H groups in total. The molecule has 2 rings (SSSR count). The average Bonchev–Trinajstić information content (AvgIpc) is 2.38. The fourth-order valence-corrected chi connectivity index (χ4v) is 1.77. The third kappa shape index (κ3) is 3.17. The Bertz CT molecular complexity index is 473. The Morgan fingerprint density at radius 3 is 2.59 bits per heavy atom. The van der Waals surface area contributed by atoms with E-state index in [4.69, 9.17) is 11.6 Å². The predicted octanol–water partition coefficient (Wildman–Crippen LogP) is 3.18. The third-order valence-electron chi connectivity index (χ3n) is 2.49. The van der Waals surface area contributed by atoms with Crippen LogP contribution in [0, 0.1) is 6.92 Å². The SMILES string of the molecule is Cc1nccnc1NCC(Cl)c1ccccc1. The lowest BCUT2D eigenvalue weighted by atomic mass is 10.1. The number of rotatable bonds is 4. The fraction of sp³-hybridized carbons (Fsp3) is 0.231. The largest absolute Gasteiger partial charge is 0.367 e. The van der Waals surface area contributed by atoms with E-state index >= 15 is 0 Å². The number of hydrogen-bond acceptors (Lipinski definition) is 3. The second-order valence-electron chi connectivity index (χ2n) is 3.75. The van der Waals surface area contributed by atoms with Gasteiger partial charge in [-0.15, -0.1) is 11.6 Å². The van der Waals surface area contributed by atoms with E-state index in [-0.39, 0.29) is 5.38 Å². The minimum atomic E-state index is -0.0717. The van der Waals surface area contributed by atoms with Gasteiger partial charge in [-0.05, 0) is 12.5 Å². The van der Waals surface area contributed by atoms with Crippen LogP contribution < -0.4 is 5.32 Å². The summed E-state index contributed by atoms with van der Waals surface area (Å²) in [7, 11) is 0. The van der Waals surface area contributed by atoms with Crippen LogP contribution in [-0.2, 0) is 0 Å². The number of alkyl halides is 1. The van der Waals surface area contributed by atoms with Gasteiger partial charge >= 0.3 is 0 Å². The van der Waals surface area contributed by atoms with Gasteiger partial charge in [0.2, 0.25) is 0 Å². The topological polar surface area (TPSA) is 37.8 Å². The molecule has 1 heterocycles. The van der Waals surface area contributed by atoms with E-state index in [1.807, 2.05) is 37.3 Å². The van der Waals surface area contributed by atoms with Gasteiger partial charge in [-0.2, -0.15) is 0 Å². The standard InChI is InChI=1S/C13H14ClN3/c1-10-13(16-8-7-15-10)17-9-12(14)11-5-3-2-4-6-11/h2-8,12H,9H2,1H3,(H,16,17). The number of nitrogens with one attached hydrogen (secondary N) is 1. The predicted molar refractivity (Wildman–Crippen MR) is 70.3 cm³/mol. The first-order valence-corrected chi connectivity index (χ1v) is 5.91. The second-order valence-corrected chi connectivity index (χ2v) is 4.28. The summed E-state index contributed by atoms with van der Waals surface area (Å²) >= 11 is 6.30. The minimum Gasteiger partial charge on any atom is -0.367 e. The van der Waals surface area contributed by atoms with Gasteiger partial charge in [0.15, 0.2) is 0 Å². The van der Waals surface area contributed by atoms with Crippen LogP contribution in [0.1, 0.15) is 16.6 Å². The molecular formula is C13H14ClN3. The zero-order valence-electron chi connectivity index (χ0n) is 9.60. The summed E-state index contributed by atoms with van der Waals surface area (Å²) < 4.78 is 0. The molecule has 17 heavy (non-hydrogen) atoms. The van der Waals surface area contributed by atoms with Gasteiger partial charge in [-0.1, -0.05) is 30.3 Å². The van der Waals surface area contributed by atoms with Crippen molar-refractivity contribution in [2.24, 2.45) is 0 Å². The molecule has 1 aromatic carbocycles.